The number of hydrogen-bond donors (Lipinski definition) is 1. The topological polar surface area (TPSA) is 56.8 Å². The number of carbonyl (C=O) groups excluding carboxylic acids is 1. The predicted molar refractivity (Wildman–Crippen MR) is 85.8 cm³/mol. The standard InChI is InChI=1S/C18H18FNO4/c19-14-5-3-13(4-6-14)2-1-9-20-18(21)11-22-15-7-8-16-17(10-15)24-12-23-16/h3-8,10H,1-2,9,11-12H2,(H,20,21). The van der Waals surface area contributed by atoms with Crippen molar-refractivity contribution < 1.29 is 23.4 Å². The van der Waals surface area contributed by atoms with Gasteiger partial charge in [0.25, 0.3) is 5.91 Å². The number of carbonyl (C=O) groups is 1. The fraction of sp³-hybridized carbons (Fsp3) is 0.278. The van der Waals surface area contributed by atoms with Crippen LogP contribution in [0, 0.1) is 5.82 Å². The molecule has 1 aliphatic rings. The van der Waals surface area contributed by atoms with Gasteiger partial charge in [-0.2, -0.15) is 0 Å². The smallest absolute Gasteiger partial charge is 0.257 e. The minimum absolute atomic E-state index is 0.0593. The summed E-state index contributed by atoms with van der Waals surface area (Å²) in [6.45, 7) is 0.685. The first-order chi connectivity index (χ1) is 11.7. The van der Waals surface area contributed by atoms with Crippen molar-refractivity contribution >= 4 is 5.91 Å². The number of ether oxygens (including phenoxy) is 3. The molecule has 0 atom stereocenters. The van der Waals surface area contributed by atoms with Crippen LogP contribution in [-0.2, 0) is 11.2 Å². The lowest BCUT2D eigenvalue weighted by Crippen LogP contribution is -2.29. The average molecular weight is 331 g/mol. The van der Waals surface area contributed by atoms with Crippen molar-refractivity contribution in [2.24, 2.45) is 0 Å². The summed E-state index contributed by atoms with van der Waals surface area (Å²) < 4.78 is 28.7. The second-order valence-electron chi connectivity index (χ2n) is 5.38. The largest absolute Gasteiger partial charge is 0.484 e. The maximum absolute atomic E-state index is 12.8. The van der Waals surface area contributed by atoms with E-state index in [4.69, 9.17) is 14.2 Å². The van der Waals surface area contributed by atoms with Crippen LogP contribution in [0.4, 0.5) is 4.39 Å². The molecule has 1 aliphatic heterocycles. The number of halogens is 1. The van der Waals surface area contributed by atoms with Gasteiger partial charge in [-0.05, 0) is 42.7 Å². The van der Waals surface area contributed by atoms with E-state index in [2.05, 4.69) is 5.32 Å². The summed E-state index contributed by atoms with van der Waals surface area (Å²) in [6, 6.07) is 11.6. The summed E-state index contributed by atoms with van der Waals surface area (Å²) in [5, 5.41) is 2.79. The summed E-state index contributed by atoms with van der Waals surface area (Å²) in [6.07, 6.45) is 1.56. The SMILES string of the molecule is O=C(COc1ccc2c(c1)OCO2)NCCCc1ccc(F)cc1. The Labute approximate surface area is 139 Å². The van der Waals surface area contributed by atoms with E-state index in [1.54, 1.807) is 30.3 Å². The summed E-state index contributed by atoms with van der Waals surface area (Å²) in [7, 11) is 0. The van der Waals surface area contributed by atoms with E-state index in [0.717, 1.165) is 18.4 Å². The van der Waals surface area contributed by atoms with Crippen LogP contribution in [0.25, 0.3) is 0 Å². The fourth-order valence-electron chi connectivity index (χ4n) is 2.34. The zero-order valence-corrected chi connectivity index (χ0v) is 13.1. The van der Waals surface area contributed by atoms with E-state index in [1.165, 1.54) is 12.1 Å². The summed E-state index contributed by atoms with van der Waals surface area (Å²) in [5.41, 5.74) is 1.04. The van der Waals surface area contributed by atoms with E-state index in [1.807, 2.05) is 0 Å². The second-order valence-corrected chi connectivity index (χ2v) is 5.38. The Kier molecular flexibility index (Phi) is 5.15. The Morgan fingerprint density at radius 3 is 2.75 bits per heavy atom. The summed E-state index contributed by atoms with van der Waals surface area (Å²) in [5.74, 6) is 1.42. The molecule has 0 aliphatic carbocycles. The molecule has 3 rings (SSSR count). The molecule has 126 valence electrons. The third kappa shape index (κ3) is 4.38. The summed E-state index contributed by atoms with van der Waals surface area (Å²) >= 11 is 0. The zero-order valence-electron chi connectivity index (χ0n) is 13.1. The molecule has 0 unspecified atom stereocenters. The van der Waals surface area contributed by atoms with Crippen molar-refractivity contribution in [1.29, 1.82) is 0 Å². The number of amides is 1. The number of hydrogen-bond acceptors (Lipinski definition) is 4. The Morgan fingerprint density at radius 2 is 1.92 bits per heavy atom. The minimum Gasteiger partial charge on any atom is -0.484 e. The highest BCUT2D eigenvalue weighted by molar-refractivity contribution is 5.77. The second kappa shape index (κ2) is 7.68. The van der Waals surface area contributed by atoms with Crippen LogP contribution in [0.3, 0.4) is 0 Å². The van der Waals surface area contributed by atoms with Crippen molar-refractivity contribution in [1.82, 2.24) is 5.32 Å². The molecule has 6 heteroatoms. The van der Waals surface area contributed by atoms with Gasteiger partial charge in [0.2, 0.25) is 6.79 Å². The van der Waals surface area contributed by atoms with Crippen molar-refractivity contribution in [3.63, 3.8) is 0 Å². The van der Waals surface area contributed by atoms with E-state index >= 15 is 0 Å². The molecular weight excluding hydrogens is 313 g/mol. The van der Waals surface area contributed by atoms with Crippen molar-refractivity contribution in [3.05, 3.63) is 53.8 Å². The van der Waals surface area contributed by atoms with E-state index in [9.17, 15) is 9.18 Å². The van der Waals surface area contributed by atoms with Crippen LogP contribution in [0.2, 0.25) is 0 Å². The molecule has 24 heavy (non-hydrogen) atoms. The van der Waals surface area contributed by atoms with Gasteiger partial charge in [-0.1, -0.05) is 12.1 Å². The minimum atomic E-state index is -0.243. The molecule has 0 radical (unpaired) electrons. The van der Waals surface area contributed by atoms with Gasteiger partial charge in [0, 0.05) is 12.6 Å². The van der Waals surface area contributed by atoms with Crippen LogP contribution in [-0.4, -0.2) is 25.9 Å². The molecule has 0 spiro atoms. The maximum atomic E-state index is 12.8. The molecule has 1 N–H and O–H groups in total. The molecule has 0 saturated heterocycles. The molecule has 2 aromatic rings. The Morgan fingerprint density at radius 1 is 1.12 bits per heavy atom. The zero-order chi connectivity index (χ0) is 16.8. The van der Waals surface area contributed by atoms with Gasteiger partial charge in [0.15, 0.2) is 18.1 Å². The number of aryl methyl sites for hydroxylation is 1. The van der Waals surface area contributed by atoms with Gasteiger partial charge >= 0.3 is 0 Å². The van der Waals surface area contributed by atoms with E-state index in [0.29, 0.717) is 23.8 Å². The molecule has 0 aromatic heterocycles. The normalized spacial score (nSPS) is 12.0. The van der Waals surface area contributed by atoms with Crippen LogP contribution in [0.15, 0.2) is 42.5 Å². The lowest BCUT2D eigenvalue weighted by molar-refractivity contribution is -0.123. The highest BCUT2D eigenvalue weighted by Gasteiger charge is 2.14. The highest BCUT2D eigenvalue weighted by atomic mass is 19.1. The van der Waals surface area contributed by atoms with Gasteiger partial charge in [0.1, 0.15) is 11.6 Å². The first kappa shape index (κ1) is 16.1. The number of benzene rings is 2. The molecule has 1 heterocycles. The molecule has 5 nitrogen and oxygen atoms in total. The lowest BCUT2D eigenvalue weighted by atomic mass is 10.1. The van der Waals surface area contributed by atoms with E-state index in [-0.39, 0.29) is 25.1 Å². The van der Waals surface area contributed by atoms with Crippen molar-refractivity contribution in [3.8, 4) is 17.2 Å². The molecule has 0 fully saturated rings. The number of rotatable bonds is 7. The lowest BCUT2D eigenvalue weighted by Gasteiger charge is -2.08. The first-order valence-corrected chi connectivity index (χ1v) is 7.74. The first-order valence-electron chi connectivity index (χ1n) is 7.74. The highest BCUT2D eigenvalue weighted by Crippen LogP contribution is 2.34. The molecule has 1 amide bonds. The molecule has 2 aromatic carbocycles. The molecule has 0 saturated carbocycles. The van der Waals surface area contributed by atoms with Crippen molar-refractivity contribution in [2.75, 3.05) is 19.9 Å². The van der Waals surface area contributed by atoms with E-state index < -0.39 is 0 Å². The average Bonchev–Trinajstić information content (AvgIpc) is 3.06. The number of nitrogens with one attached hydrogen (secondary N) is 1. The van der Waals surface area contributed by atoms with Crippen LogP contribution >= 0.6 is 0 Å². The summed E-state index contributed by atoms with van der Waals surface area (Å²) in [4.78, 5) is 11.8. The Hall–Kier alpha value is -2.76. The third-order valence-electron chi connectivity index (χ3n) is 3.59. The monoisotopic (exact) mass is 331 g/mol. The molecule has 0 bridgehead atoms. The van der Waals surface area contributed by atoms with Gasteiger partial charge in [-0.25, -0.2) is 4.39 Å². The van der Waals surface area contributed by atoms with Crippen LogP contribution in [0.1, 0.15) is 12.0 Å². The van der Waals surface area contributed by atoms with Gasteiger partial charge in [0.05, 0.1) is 0 Å². The van der Waals surface area contributed by atoms with Gasteiger partial charge in [-0.15, -0.1) is 0 Å². The Bertz CT molecular complexity index is 703. The van der Waals surface area contributed by atoms with Crippen molar-refractivity contribution in [2.45, 2.75) is 12.8 Å². The molecular formula is C18H18FNO4. The van der Waals surface area contributed by atoms with Gasteiger partial charge in [-0.3, -0.25) is 4.79 Å². The third-order valence-corrected chi connectivity index (χ3v) is 3.59. The fourth-order valence-corrected chi connectivity index (χ4v) is 2.34. The number of fused-ring (bicyclic) bond motifs is 1. The quantitative estimate of drug-likeness (QED) is 0.793. The van der Waals surface area contributed by atoms with Crippen LogP contribution in [0.5, 0.6) is 17.2 Å². The van der Waals surface area contributed by atoms with Crippen LogP contribution < -0.4 is 19.5 Å². The Balaban J connectivity index is 1.34. The van der Waals surface area contributed by atoms with Gasteiger partial charge < -0.3 is 19.5 Å². The maximum Gasteiger partial charge on any atom is 0.257 e. The predicted octanol–water partition coefficient (Wildman–Crippen LogP) is 2.68.